The van der Waals surface area contributed by atoms with Crippen LogP contribution in [0.15, 0.2) is 54.6 Å². The van der Waals surface area contributed by atoms with Gasteiger partial charge in [0.25, 0.3) is 0 Å². The first-order chi connectivity index (χ1) is 12.2. The van der Waals surface area contributed by atoms with E-state index in [1.165, 1.54) is 5.56 Å². The third-order valence-electron chi connectivity index (χ3n) is 4.72. The quantitative estimate of drug-likeness (QED) is 0.787. The number of nitrogens with two attached hydrogens (primary N) is 1. The van der Waals surface area contributed by atoms with Crippen molar-refractivity contribution in [3.63, 3.8) is 0 Å². The van der Waals surface area contributed by atoms with Gasteiger partial charge in [-0.15, -0.1) is 12.4 Å². The molecule has 0 bridgehead atoms. The van der Waals surface area contributed by atoms with Crippen LogP contribution in [-0.4, -0.2) is 36.6 Å². The molecule has 4 nitrogen and oxygen atoms in total. The lowest BCUT2D eigenvalue weighted by molar-refractivity contribution is -0.133. The van der Waals surface area contributed by atoms with Gasteiger partial charge in [-0.25, -0.2) is 0 Å². The van der Waals surface area contributed by atoms with Crippen molar-refractivity contribution >= 4 is 24.0 Å². The average molecular weight is 375 g/mol. The largest absolute Gasteiger partial charge is 0.399 e. The van der Waals surface area contributed by atoms with Crippen molar-refractivity contribution in [1.29, 1.82) is 0 Å². The Morgan fingerprint density at radius 1 is 1.00 bits per heavy atom. The smallest absolute Gasteiger partial charge is 0.226 e. The van der Waals surface area contributed by atoms with E-state index in [1.54, 1.807) is 0 Å². The molecule has 5 heteroatoms. The van der Waals surface area contributed by atoms with Crippen LogP contribution in [0.2, 0.25) is 0 Å². The normalized spacial score (nSPS) is 14.7. The molecule has 0 radical (unpaired) electrons. The Kier molecular flexibility index (Phi) is 7.95. The Bertz CT molecular complexity index is 668. The van der Waals surface area contributed by atoms with Gasteiger partial charge >= 0.3 is 0 Å². The highest BCUT2D eigenvalue weighted by Crippen LogP contribution is 2.16. The maximum Gasteiger partial charge on any atom is 0.226 e. The summed E-state index contributed by atoms with van der Waals surface area (Å²) in [7, 11) is 0. The summed E-state index contributed by atoms with van der Waals surface area (Å²) in [4.78, 5) is 14.4. The first-order valence-corrected chi connectivity index (χ1v) is 8.98. The van der Waals surface area contributed by atoms with E-state index in [4.69, 9.17) is 10.5 Å². The minimum absolute atomic E-state index is 0. The second kappa shape index (κ2) is 10.2. The number of benzene rings is 2. The highest BCUT2D eigenvalue weighted by Gasteiger charge is 2.23. The first kappa shape index (κ1) is 20.3. The molecule has 3 rings (SSSR count). The lowest BCUT2D eigenvalue weighted by atomic mass is 10.1. The van der Waals surface area contributed by atoms with Gasteiger partial charge in [0, 0.05) is 18.8 Å². The number of anilines is 1. The van der Waals surface area contributed by atoms with Crippen LogP contribution in [-0.2, 0) is 22.4 Å². The third-order valence-corrected chi connectivity index (χ3v) is 4.72. The van der Waals surface area contributed by atoms with Crippen molar-refractivity contribution in [2.45, 2.75) is 31.8 Å². The maximum atomic E-state index is 12.4. The second-order valence-corrected chi connectivity index (χ2v) is 6.60. The fraction of sp³-hybridized carbons (Fsp3) is 0.381. The highest BCUT2D eigenvalue weighted by molar-refractivity contribution is 5.85. The molecule has 0 spiro atoms. The van der Waals surface area contributed by atoms with Crippen LogP contribution in [0.1, 0.15) is 24.0 Å². The maximum absolute atomic E-state index is 12.4. The lowest BCUT2D eigenvalue weighted by Crippen LogP contribution is -2.41. The van der Waals surface area contributed by atoms with Gasteiger partial charge in [-0.2, -0.15) is 0 Å². The van der Waals surface area contributed by atoms with Gasteiger partial charge in [-0.05, 0) is 42.5 Å². The SMILES string of the molecule is Cl.Nc1ccc(CC(=O)N2CCC(OCCc3ccccc3)CC2)cc1. The Morgan fingerprint density at radius 2 is 1.65 bits per heavy atom. The van der Waals surface area contributed by atoms with Crippen LogP contribution >= 0.6 is 12.4 Å². The fourth-order valence-corrected chi connectivity index (χ4v) is 3.18. The summed E-state index contributed by atoms with van der Waals surface area (Å²) in [6.45, 7) is 2.31. The summed E-state index contributed by atoms with van der Waals surface area (Å²) < 4.78 is 5.99. The van der Waals surface area contributed by atoms with E-state index in [0.717, 1.165) is 50.2 Å². The number of halogens is 1. The molecule has 0 aromatic heterocycles. The zero-order chi connectivity index (χ0) is 17.5. The predicted octanol–water partition coefficient (Wildman–Crippen LogP) is 3.48. The summed E-state index contributed by atoms with van der Waals surface area (Å²) in [5.74, 6) is 0.188. The topological polar surface area (TPSA) is 55.6 Å². The summed E-state index contributed by atoms with van der Waals surface area (Å²) in [5, 5.41) is 0. The molecule has 2 N–H and O–H groups in total. The number of carbonyl (C=O) groups excluding carboxylic acids is 1. The summed E-state index contributed by atoms with van der Waals surface area (Å²) >= 11 is 0. The Balaban J connectivity index is 0.00000243. The van der Waals surface area contributed by atoms with Crippen molar-refractivity contribution in [2.75, 3.05) is 25.4 Å². The molecule has 0 unspecified atom stereocenters. The van der Waals surface area contributed by atoms with E-state index < -0.39 is 0 Å². The van der Waals surface area contributed by atoms with Gasteiger partial charge in [0.05, 0.1) is 19.1 Å². The second-order valence-electron chi connectivity index (χ2n) is 6.60. The van der Waals surface area contributed by atoms with Gasteiger partial charge in [0.1, 0.15) is 0 Å². The van der Waals surface area contributed by atoms with Crippen LogP contribution in [0.4, 0.5) is 5.69 Å². The third kappa shape index (κ3) is 6.04. The van der Waals surface area contributed by atoms with Crippen LogP contribution in [0.5, 0.6) is 0 Å². The number of amides is 1. The Hall–Kier alpha value is -2.04. The van der Waals surface area contributed by atoms with E-state index in [0.29, 0.717) is 6.42 Å². The van der Waals surface area contributed by atoms with Crippen LogP contribution in [0.3, 0.4) is 0 Å². The first-order valence-electron chi connectivity index (χ1n) is 8.98. The lowest BCUT2D eigenvalue weighted by Gasteiger charge is -2.32. The molecule has 1 aliphatic heterocycles. The molecule has 2 aromatic rings. The molecule has 1 fully saturated rings. The number of hydrogen-bond acceptors (Lipinski definition) is 3. The summed E-state index contributed by atoms with van der Waals surface area (Å²) in [5.41, 5.74) is 8.73. The number of nitrogens with zero attached hydrogens (tertiary/aromatic N) is 1. The monoisotopic (exact) mass is 374 g/mol. The van der Waals surface area contributed by atoms with Gasteiger partial charge in [0.2, 0.25) is 5.91 Å². The molecule has 1 saturated heterocycles. The summed E-state index contributed by atoms with van der Waals surface area (Å²) in [6.07, 6.45) is 3.49. The molecule has 2 aromatic carbocycles. The average Bonchev–Trinajstić information content (AvgIpc) is 2.65. The van der Waals surface area contributed by atoms with Crippen LogP contribution in [0, 0.1) is 0 Å². The molecule has 0 atom stereocenters. The minimum atomic E-state index is 0. The molecule has 26 heavy (non-hydrogen) atoms. The molecular formula is C21H27ClN2O2. The van der Waals surface area contributed by atoms with Gasteiger partial charge < -0.3 is 15.4 Å². The number of likely N-dealkylation sites (tertiary alicyclic amines) is 1. The molecule has 1 aliphatic rings. The number of rotatable bonds is 6. The van der Waals surface area contributed by atoms with Crippen molar-refractivity contribution in [3.05, 3.63) is 65.7 Å². The predicted molar refractivity (Wildman–Crippen MR) is 108 cm³/mol. The zero-order valence-electron chi connectivity index (χ0n) is 15.0. The van der Waals surface area contributed by atoms with Gasteiger partial charge in [-0.1, -0.05) is 42.5 Å². The molecule has 1 amide bonds. The zero-order valence-corrected chi connectivity index (χ0v) is 15.8. The van der Waals surface area contributed by atoms with Crippen molar-refractivity contribution in [2.24, 2.45) is 0 Å². The van der Waals surface area contributed by atoms with E-state index in [-0.39, 0.29) is 24.4 Å². The molecule has 0 saturated carbocycles. The molecule has 1 heterocycles. The van der Waals surface area contributed by atoms with Crippen molar-refractivity contribution < 1.29 is 9.53 Å². The van der Waals surface area contributed by atoms with E-state index >= 15 is 0 Å². The minimum Gasteiger partial charge on any atom is -0.399 e. The number of nitrogen functional groups attached to an aromatic ring is 1. The number of carbonyl (C=O) groups is 1. The van der Waals surface area contributed by atoms with Gasteiger partial charge in [-0.3, -0.25) is 4.79 Å². The van der Waals surface area contributed by atoms with E-state index in [9.17, 15) is 4.79 Å². The number of piperidine rings is 1. The van der Waals surface area contributed by atoms with Crippen molar-refractivity contribution in [3.8, 4) is 0 Å². The van der Waals surface area contributed by atoms with Gasteiger partial charge in [0.15, 0.2) is 0 Å². The number of hydrogen-bond donors (Lipinski definition) is 1. The summed E-state index contributed by atoms with van der Waals surface area (Å²) in [6, 6.07) is 17.9. The van der Waals surface area contributed by atoms with Crippen LogP contribution < -0.4 is 5.73 Å². The van der Waals surface area contributed by atoms with Crippen LogP contribution in [0.25, 0.3) is 0 Å². The van der Waals surface area contributed by atoms with E-state index in [1.807, 2.05) is 35.2 Å². The molecule has 140 valence electrons. The standard InChI is InChI=1S/C21H26N2O2.ClH/c22-19-8-6-18(7-9-19)16-21(24)23-13-10-20(11-14-23)25-15-12-17-4-2-1-3-5-17;/h1-9,20H,10-16,22H2;1H. The Morgan fingerprint density at radius 3 is 2.31 bits per heavy atom. The van der Waals surface area contributed by atoms with Crippen molar-refractivity contribution in [1.82, 2.24) is 4.90 Å². The molecule has 0 aliphatic carbocycles. The van der Waals surface area contributed by atoms with E-state index in [2.05, 4.69) is 24.3 Å². The molecular weight excluding hydrogens is 348 g/mol. The Labute approximate surface area is 161 Å². The highest BCUT2D eigenvalue weighted by atomic mass is 35.5. The fourth-order valence-electron chi connectivity index (χ4n) is 3.18. The number of ether oxygens (including phenoxy) is 1.